The van der Waals surface area contributed by atoms with Crippen LogP contribution in [-0.2, 0) is 35.0 Å². The van der Waals surface area contributed by atoms with Gasteiger partial charge in [-0.25, -0.2) is 19.2 Å². The van der Waals surface area contributed by atoms with Crippen LogP contribution >= 0.6 is 11.8 Å². The third-order valence-corrected chi connectivity index (χ3v) is 10.6. The molecule has 0 heterocycles. The lowest BCUT2D eigenvalue weighted by molar-refractivity contribution is -0.139. The lowest BCUT2D eigenvalue weighted by Gasteiger charge is -2.36. The molecule has 4 aromatic rings. The maximum Gasteiger partial charge on any atom is 0.412 e. The number of aliphatic carboxylic acids is 1. The Morgan fingerprint density at radius 3 is 1.48 bits per heavy atom. The number of ether oxygens (including phenoxy) is 3. The molecular formula is C46H55N5O10S. The first kappa shape index (κ1) is 48.1. The number of carbonyl (C=O) groups excluding carboxylic acids is 5. The zero-order chi connectivity index (χ0) is 45.5. The molecule has 330 valence electrons. The van der Waals surface area contributed by atoms with Crippen molar-refractivity contribution in [1.29, 1.82) is 0 Å². The number of primary amides is 1. The van der Waals surface area contributed by atoms with E-state index in [9.17, 15) is 33.9 Å². The quantitative estimate of drug-likeness (QED) is 0.0611. The van der Waals surface area contributed by atoms with Crippen LogP contribution in [0.4, 0.5) is 14.4 Å². The van der Waals surface area contributed by atoms with Gasteiger partial charge in [0.2, 0.25) is 11.8 Å². The van der Waals surface area contributed by atoms with E-state index >= 15 is 0 Å². The van der Waals surface area contributed by atoms with Gasteiger partial charge >= 0.3 is 24.2 Å². The van der Waals surface area contributed by atoms with E-state index in [0.717, 1.165) is 16.7 Å². The van der Waals surface area contributed by atoms with Gasteiger partial charge in [0, 0.05) is 18.7 Å². The maximum absolute atomic E-state index is 13.9. The minimum absolute atomic E-state index is 0.0412. The molecule has 15 nitrogen and oxygen atoms in total. The molecule has 5 amide bonds. The van der Waals surface area contributed by atoms with Gasteiger partial charge in [-0.05, 0) is 82.3 Å². The molecule has 0 aliphatic heterocycles. The Labute approximate surface area is 365 Å². The van der Waals surface area contributed by atoms with Crippen LogP contribution in [0, 0.1) is 0 Å². The summed E-state index contributed by atoms with van der Waals surface area (Å²) in [5, 5.41) is 19.8. The zero-order valence-electron chi connectivity index (χ0n) is 35.6. The number of benzene rings is 4. The number of carboxylic acids is 1. The minimum atomic E-state index is -1.28. The molecule has 0 saturated heterocycles. The van der Waals surface area contributed by atoms with Crippen LogP contribution in [0.1, 0.15) is 70.2 Å². The van der Waals surface area contributed by atoms with Gasteiger partial charge in [0.25, 0.3) is 0 Å². The van der Waals surface area contributed by atoms with Gasteiger partial charge in [-0.15, -0.1) is 11.8 Å². The molecule has 62 heavy (non-hydrogen) atoms. The summed E-state index contributed by atoms with van der Waals surface area (Å²) in [6.07, 6.45) is -2.86. The fourth-order valence-corrected chi connectivity index (χ4v) is 7.78. The molecule has 0 aliphatic rings. The highest BCUT2D eigenvalue weighted by Gasteiger charge is 2.39. The van der Waals surface area contributed by atoms with Crippen molar-refractivity contribution in [1.82, 2.24) is 21.3 Å². The number of amides is 5. The summed E-state index contributed by atoms with van der Waals surface area (Å²) >= 11 is 1.42. The van der Waals surface area contributed by atoms with Crippen LogP contribution in [0.5, 0.6) is 5.75 Å². The standard InChI is InChI=1S/C46H55N5O10S/c1-44(2,3)60-42(57)50-35(26-27-48-41(56)59-34-24-22-30(23-25-34)28-36(40(54)55)51-43(58)61-45(4,5)6)39(53)49-37(38(47)52)29-62-46(31-16-10-7-11-17-31,32-18-12-8-13-19-32)33-20-14-9-15-21-33/h7-25,35-37H,26-29H2,1-6H3,(H2,47,52)(H,48,56)(H,49,53)(H,50,57)(H,51,58)(H,54,55). The molecule has 0 aromatic heterocycles. The third kappa shape index (κ3) is 14.9. The Kier molecular flexibility index (Phi) is 16.9. The second-order valence-corrected chi connectivity index (χ2v) is 17.5. The van der Waals surface area contributed by atoms with Gasteiger partial charge in [-0.1, -0.05) is 103 Å². The summed E-state index contributed by atoms with van der Waals surface area (Å²) in [4.78, 5) is 76.6. The van der Waals surface area contributed by atoms with E-state index in [1.165, 1.54) is 36.0 Å². The normalized spacial score (nSPS) is 13.0. The van der Waals surface area contributed by atoms with E-state index in [1.807, 2.05) is 91.0 Å². The van der Waals surface area contributed by atoms with Crippen molar-refractivity contribution in [3.05, 3.63) is 138 Å². The van der Waals surface area contributed by atoms with Gasteiger partial charge in [-0.3, -0.25) is 9.59 Å². The molecule has 0 radical (unpaired) electrons. The van der Waals surface area contributed by atoms with Crippen LogP contribution in [-0.4, -0.2) is 82.8 Å². The Morgan fingerprint density at radius 1 is 0.613 bits per heavy atom. The number of hydrogen-bond donors (Lipinski definition) is 6. The summed E-state index contributed by atoms with van der Waals surface area (Å²) < 4.78 is 15.1. The molecule has 4 rings (SSSR count). The Balaban J connectivity index is 1.45. The van der Waals surface area contributed by atoms with Gasteiger partial charge in [0.05, 0.1) is 4.75 Å². The minimum Gasteiger partial charge on any atom is -0.480 e. The predicted octanol–water partition coefficient (Wildman–Crippen LogP) is 6.27. The van der Waals surface area contributed by atoms with E-state index in [1.54, 1.807) is 41.5 Å². The van der Waals surface area contributed by atoms with E-state index in [-0.39, 0.29) is 30.9 Å². The molecule has 0 spiro atoms. The molecule has 16 heteroatoms. The second kappa shape index (κ2) is 21.8. The second-order valence-electron chi connectivity index (χ2n) is 16.2. The molecule has 3 unspecified atom stereocenters. The van der Waals surface area contributed by atoms with Crippen molar-refractivity contribution in [3.8, 4) is 5.75 Å². The summed E-state index contributed by atoms with van der Waals surface area (Å²) in [6, 6.07) is 31.6. The summed E-state index contributed by atoms with van der Waals surface area (Å²) in [5.74, 6) is -2.63. The number of carbonyl (C=O) groups is 6. The first-order valence-electron chi connectivity index (χ1n) is 19.9. The highest BCUT2D eigenvalue weighted by Crippen LogP contribution is 2.48. The van der Waals surface area contributed by atoms with Crippen molar-refractivity contribution in [3.63, 3.8) is 0 Å². The van der Waals surface area contributed by atoms with Crippen molar-refractivity contribution < 1.29 is 48.1 Å². The Morgan fingerprint density at radius 2 is 1.06 bits per heavy atom. The number of nitrogens with one attached hydrogen (secondary N) is 4. The summed E-state index contributed by atoms with van der Waals surface area (Å²) in [6.45, 7) is 9.81. The molecule has 4 aromatic carbocycles. The molecule has 0 aliphatic carbocycles. The number of hydrogen-bond acceptors (Lipinski definition) is 10. The smallest absolute Gasteiger partial charge is 0.412 e. The summed E-state index contributed by atoms with van der Waals surface area (Å²) in [7, 11) is 0. The van der Waals surface area contributed by atoms with E-state index in [4.69, 9.17) is 19.9 Å². The number of carboxylic acid groups (broad SMARTS) is 1. The molecule has 0 saturated carbocycles. The van der Waals surface area contributed by atoms with Gasteiger partial charge < -0.3 is 46.3 Å². The fourth-order valence-electron chi connectivity index (χ4n) is 6.20. The Hall–Kier alpha value is -6.55. The maximum atomic E-state index is 13.9. The van der Waals surface area contributed by atoms with Gasteiger partial charge in [-0.2, -0.15) is 0 Å². The Bertz CT molecular complexity index is 2030. The predicted molar refractivity (Wildman–Crippen MR) is 236 cm³/mol. The lowest BCUT2D eigenvalue weighted by Crippen LogP contribution is -2.55. The van der Waals surface area contributed by atoms with Gasteiger partial charge in [0.1, 0.15) is 35.1 Å². The van der Waals surface area contributed by atoms with Crippen LogP contribution in [0.3, 0.4) is 0 Å². The topological polar surface area (TPSA) is 224 Å². The van der Waals surface area contributed by atoms with Gasteiger partial charge in [0.15, 0.2) is 0 Å². The van der Waals surface area contributed by atoms with Crippen LogP contribution in [0.15, 0.2) is 115 Å². The largest absolute Gasteiger partial charge is 0.480 e. The van der Waals surface area contributed by atoms with Crippen molar-refractivity contribution in [2.24, 2.45) is 5.73 Å². The first-order valence-corrected chi connectivity index (χ1v) is 20.9. The first-order chi connectivity index (χ1) is 29.3. The zero-order valence-corrected chi connectivity index (χ0v) is 36.5. The van der Waals surface area contributed by atoms with Crippen molar-refractivity contribution in [2.75, 3.05) is 12.3 Å². The van der Waals surface area contributed by atoms with E-state index in [0.29, 0.717) is 5.56 Å². The molecular weight excluding hydrogens is 815 g/mol. The SMILES string of the molecule is CC(C)(C)OC(=O)NC(Cc1ccc(OC(=O)NCCC(NC(=O)OC(C)(C)C)C(=O)NC(CSC(c2ccccc2)(c2ccccc2)c2ccccc2)C(N)=O)cc1)C(=O)O. The summed E-state index contributed by atoms with van der Waals surface area (Å²) in [5.41, 5.74) is 7.55. The molecule has 3 atom stereocenters. The highest BCUT2D eigenvalue weighted by atomic mass is 32.2. The number of rotatable bonds is 18. The van der Waals surface area contributed by atoms with Crippen LogP contribution in [0.25, 0.3) is 0 Å². The molecule has 0 fully saturated rings. The van der Waals surface area contributed by atoms with E-state index < -0.39 is 70.1 Å². The monoisotopic (exact) mass is 869 g/mol. The van der Waals surface area contributed by atoms with Crippen LogP contribution < -0.4 is 31.7 Å². The van der Waals surface area contributed by atoms with Crippen LogP contribution in [0.2, 0.25) is 0 Å². The van der Waals surface area contributed by atoms with Crippen molar-refractivity contribution in [2.45, 2.75) is 88.5 Å². The van der Waals surface area contributed by atoms with Crippen molar-refractivity contribution >= 4 is 47.8 Å². The molecule has 7 N–H and O–H groups in total. The lowest BCUT2D eigenvalue weighted by atomic mass is 9.84. The average molecular weight is 870 g/mol. The average Bonchev–Trinajstić information content (AvgIpc) is 3.20. The third-order valence-electron chi connectivity index (χ3n) is 8.94. The number of thioether (sulfide) groups is 1. The molecule has 0 bridgehead atoms. The number of alkyl carbamates (subject to hydrolysis) is 2. The fraction of sp³-hybridized carbons (Fsp3) is 0.348. The number of nitrogens with two attached hydrogens (primary N) is 1. The van der Waals surface area contributed by atoms with E-state index in [2.05, 4.69) is 21.3 Å². The highest BCUT2D eigenvalue weighted by molar-refractivity contribution is 8.00.